The Morgan fingerprint density at radius 3 is 2.79 bits per heavy atom. The van der Waals surface area contributed by atoms with Gasteiger partial charge in [-0.3, -0.25) is 0 Å². The fraction of sp³-hybridized carbons (Fsp3) is 0.636. The van der Waals surface area contributed by atoms with E-state index < -0.39 is 5.60 Å². The van der Waals surface area contributed by atoms with E-state index >= 15 is 0 Å². The molecular weight excluding hydrogens is 194 g/mol. The van der Waals surface area contributed by atoms with Crippen LogP contribution in [0.4, 0.5) is 0 Å². The van der Waals surface area contributed by atoms with Gasteiger partial charge in [0.25, 0.3) is 0 Å². The largest absolute Gasteiger partial charge is 0.384 e. The van der Waals surface area contributed by atoms with Crippen LogP contribution >= 0.6 is 11.3 Å². The highest BCUT2D eigenvalue weighted by Gasteiger charge is 2.41. The van der Waals surface area contributed by atoms with Gasteiger partial charge in [-0.05, 0) is 44.3 Å². The molecule has 2 rings (SSSR count). The third-order valence-electron chi connectivity index (χ3n) is 3.26. The van der Waals surface area contributed by atoms with Crippen molar-refractivity contribution >= 4 is 11.3 Å². The maximum absolute atomic E-state index is 10.5. The summed E-state index contributed by atoms with van der Waals surface area (Å²) in [5, 5.41) is 12.6. The zero-order valence-corrected chi connectivity index (χ0v) is 9.77. The third kappa shape index (κ3) is 1.49. The van der Waals surface area contributed by atoms with E-state index in [9.17, 15) is 5.11 Å². The van der Waals surface area contributed by atoms with Crippen LogP contribution in [0.2, 0.25) is 0 Å². The van der Waals surface area contributed by atoms with E-state index in [0.717, 1.165) is 18.5 Å². The third-order valence-corrected chi connectivity index (χ3v) is 4.10. The molecule has 78 valence electrons. The molecule has 0 bridgehead atoms. The molecule has 1 aliphatic heterocycles. The van der Waals surface area contributed by atoms with Crippen molar-refractivity contribution in [3.8, 4) is 0 Å². The van der Waals surface area contributed by atoms with Gasteiger partial charge in [-0.25, -0.2) is 0 Å². The van der Waals surface area contributed by atoms with Crippen molar-refractivity contribution in [2.75, 3.05) is 13.6 Å². The predicted molar refractivity (Wildman–Crippen MR) is 59.7 cm³/mol. The number of likely N-dealkylation sites (tertiary alicyclic amines) is 1. The number of nitrogens with zero attached hydrogens (tertiary/aromatic N) is 1. The number of hydrogen-bond acceptors (Lipinski definition) is 3. The number of aliphatic hydroxyl groups is 1. The lowest BCUT2D eigenvalue weighted by Crippen LogP contribution is -2.29. The minimum absolute atomic E-state index is 0.472. The minimum Gasteiger partial charge on any atom is -0.384 e. The number of aryl methyl sites for hydroxylation is 1. The first-order chi connectivity index (χ1) is 6.53. The molecule has 1 N–H and O–H groups in total. The number of rotatable bonds is 1. The zero-order chi connectivity index (χ0) is 10.3. The molecule has 0 radical (unpaired) electrons. The van der Waals surface area contributed by atoms with Crippen LogP contribution in [0.25, 0.3) is 0 Å². The Morgan fingerprint density at radius 2 is 2.36 bits per heavy atom. The first-order valence-electron chi connectivity index (χ1n) is 5.00. The van der Waals surface area contributed by atoms with Gasteiger partial charge in [-0.1, -0.05) is 0 Å². The molecule has 0 aromatic carbocycles. The van der Waals surface area contributed by atoms with Crippen molar-refractivity contribution in [3.63, 3.8) is 0 Å². The Bertz CT molecular complexity index is 324. The van der Waals surface area contributed by atoms with Crippen molar-refractivity contribution in [2.24, 2.45) is 0 Å². The van der Waals surface area contributed by atoms with E-state index in [2.05, 4.69) is 37.2 Å². The van der Waals surface area contributed by atoms with Crippen molar-refractivity contribution in [1.82, 2.24) is 4.90 Å². The van der Waals surface area contributed by atoms with Gasteiger partial charge in [0.05, 0.1) is 0 Å². The van der Waals surface area contributed by atoms with Gasteiger partial charge in [0.15, 0.2) is 0 Å². The van der Waals surface area contributed by atoms with E-state index in [1.54, 1.807) is 11.3 Å². The van der Waals surface area contributed by atoms with Gasteiger partial charge in [-0.15, -0.1) is 11.3 Å². The molecule has 0 saturated carbocycles. The molecular formula is C11H17NOS. The molecule has 0 amide bonds. The second-order valence-corrected chi connectivity index (χ2v) is 5.51. The summed E-state index contributed by atoms with van der Waals surface area (Å²) in [4.78, 5) is 3.46. The van der Waals surface area contributed by atoms with Crippen LogP contribution in [0.1, 0.15) is 23.8 Å². The second-order valence-electron chi connectivity index (χ2n) is 4.39. The average molecular weight is 211 g/mol. The summed E-state index contributed by atoms with van der Waals surface area (Å²) in [6.45, 7) is 5.01. The maximum atomic E-state index is 10.5. The smallest absolute Gasteiger partial charge is 0.105 e. The summed E-state index contributed by atoms with van der Waals surface area (Å²) >= 11 is 1.71. The van der Waals surface area contributed by atoms with Crippen LogP contribution in [0.15, 0.2) is 11.4 Å². The topological polar surface area (TPSA) is 23.5 Å². The maximum Gasteiger partial charge on any atom is 0.105 e. The summed E-state index contributed by atoms with van der Waals surface area (Å²) in [6, 6.07) is 2.53. The van der Waals surface area contributed by atoms with Crippen LogP contribution in [0.3, 0.4) is 0 Å². The van der Waals surface area contributed by atoms with E-state index in [1.165, 1.54) is 4.88 Å². The number of likely N-dealkylation sites (N-methyl/N-ethyl adjacent to an activating group) is 1. The quantitative estimate of drug-likeness (QED) is 0.767. The standard InChI is InChI=1S/C11H17NOS/c1-8-6-11(13,7-12(8)3)10-4-5-14-9(10)2/h4-5,8,13H,6-7H2,1-3H3. The van der Waals surface area contributed by atoms with Gasteiger partial charge < -0.3 is 10.0 Å². The molecule has 14 heavy (non-hydrogen) atoms. The van der Waals surface area contributed by atoms with Crippen LogP contribution in [-0.2, 0) is 5.60 Å². The van der Waals surface area contributed by atoms with Gasteiger partial charge >= 0.3 is 0 Å². The number of thiophene rings is 1. The van der Waals surface area contributed by atoms with Gasteiger partial charge in [-0.2, -0.15) is 0 Å². The number of hydrogen-bond donors (Lipinski definition) is 1. The second kappa shape index (κ2) is 3.33. The molecule has 1 saturated heterocycles. The van der Waals surface area contributed by atoms with Gasteiger partial charge in [0.2, 0.25) is 0 Å². The summed E-state index contributed by atoms with van der Waals surface area (Å²) in [5.41, 5.74) is 0.511. The fourth-order valence-corrected chi connectivity index (χ4v) is 3.13. The van der Waals surface area contributed by atoms with Crippen molar-refractivity contribution < 1.29 is 5.11 Å². The molecule has 2 nitrogen and oxygen atoms in total. The van der Waals surface area contributed by atoms with E-state index in [1.807, 2.05) is 0 Å². The average Bonchev–Trinajstić information content (AvgIpc) is 2.59. The molecule has 2 atom stereocenters. The lowest BCUT2D eigenvalue weighted by atomic mass is 9.92. The van der Waals surface area contributed by atoms with E-state index in [0.29, 0.717) is 6.04 Å². The van der Waals surface area contributed by atoms with Crippen LogP contribution in [0.5, 0.6) is 0 Å². The lowest BCUT2D eigenvalue weighted by molar-refractivity contribution is 0.0485. The molecule has 0 aliphatic carbocycles. The monoisotopic (exact) mass is 211 g/mol. The molecule has 1 fully saturated rings. The highest BCUT2D eigenvalue weighted by atomic mass is 32.1. The molecule has 1 aliphatic rings. The van der Waals surface area contributed by atoms with Crippen LogP contribution in [-0.4, -0.2) is 29.6 Å². The predicted octanol–water partition coefficient (Wildman–Crippen LogP) is 1.97. The Morgan fingerprint density at radius 1 is 1.64 bits per heavy atom. The SMILES string of the molecule is Cc1sccc1C1(O)CC(C)N(C)C1. The van der Waals surface area contributed by atoms with Gasteiger partial charge in [0, 0.05) is 17.5 Å². The van der Waals surface area contributed by atoms with Crippen molar-refractivity contribution in [1.29, 1.82) is 0 Å². The summed E-state index contributed by atoms with van der Waals surface area (Å²) in [7, 11) is 2.07. The molecule has 1 aromatic heterocycles. The summed E-state index contributed by atoms with van der Waals surface area (Å²) in [5.74, 6) is 0. The normalized spacial score (nSPS) is 33.9. The van der Waals surface area contributed by atoms with E-state index in [-0.39, 0.29) is 0 Å². The number of β-amino-alcohol motifs (C(OH)–C–C–N with tert-alkyl or cyclic N) is 1. The Labute approximate surface area is 89.2 Å². The lowest BCUT2D eigenvalue weighted by Gasteiger charge is -2.22. The Kier molecular flexibility index (Phi) is 2.41. The molecule has 3 heteroatoms. The van der Waals surface area contributed by atoms with Crippen molar-refractivity contribution in [2.45, 2.75) is 31.9 Å². The molecule has 1 aromatic rings. The van der Waals surface area contributed by atoms with Crippen LogP contribution in [0, 0.1) is 6.92 Å². The van der Waals surface area contributed by atoms with Gasteiger partial charge in [0.1, 0.15) is 5.60 Å². The summed E-state index contributed by atoms with van der Waals surface area (Å²) < 4.78 is 0. The highest BCUT2D eigenvalue weighted by Crippen LogP contribution is 2.37. The van der Waals surface area contributed by atoms with Crippen LogP contribution < -0.4 is 0 Å². The minimum atomic E-state index is -0.613. The summed E-state index contributed by atoms with van der Waals surface area (Å²) in [6.07, 6.45) is 0.848. The highest BCUT2D eigenvalue weighted by molar-refractivity contribution is 7.10. The Hall–Kier alpha value is -0.380. The fourth-order valence-electron chi connectivity index (χ4n) is 2.34. The first kappa shape index (κ1) is 10.1. The first-order valence-corrected chi connectivity index (χ1v) is 5.88. The molecule has 2 heterocycles. The Balaban J connectivity index is 2.31. The zero-order valence-electron chi connectivity index (χ0n) is 8.95. The molecule has 2 unspecified atom stereocenters. The molecule has 0 spiro atoms. The van der Waals surface area contributed by atoms with Crippen molar-refractivity contribution in [3.05, 3.63) is 21.9 Å². The van der Waals surface area contributed by atoms with E-state index in [4.69, 9.17) is 0 Å².